The van der Waals surface area contributed by atoms with Crippen LogP contribution >= 0.6 is 0 Å². The molecule has 1 aliphatic heterocycles. The highest BCUT2D eigenvalue weighted by Crippen LogP contribution is 2.19. The number of ether oxygens (including phenoxy) is 1. The number of methoxy groups -OCH3 is 1. The van der Waals surface area contributed by atoms with E-state index in [9.17, 15) is 4.79 Å². The van der Waals surface area contributed by atoms with Crippen LogP contribution in [0.3, 0.4) is 0 Å². The lowest BCUT2D eigenvalue weighted by Gasteiger charge is -2.06. The molecule has 1 aliphatic rings. The van der Waals surface area contributed by atoms with Crippen molar-refractivity contribution >= 4 is 5.97 Å². The van der Waals surface area contributed by atoms with Crippen LogP contribution in [0, 0.1) is 0 Å². The fraction of sp³-hybridized carbons (Fsp3) is 0.857. The third kappa shape index (κ3) is 2.17. The van der Waals surface area contributed by atoms with E-state index < -0.39 is 0 Å². The van der Waals surface area contributed by atoms with E-state index >= 15 is 0 Å². The predicted octanol–water partition coefficient (Wildman–Crippen LogP) is 0.184. The molecule has 0 spiro atoms. The molecular formula is C7H13NO3. The Kier molecular flexibility index (Phi) is 2.46. The van der Waals surface area contributed by atoms with Crippen molar-refractivity contribution in [3.05, 3.63) is 0 Å². The van der Waals surface area contributed by atoms with Crippen LogP contribution in [-0.4, -0.2) is 36.8 Å². The van der Waals surface area contributed by atoms with Gasteiger partial charge in [0.15, 0.2) is 0 Å². The Balaban J connectivity index is 2.21. The fourth-order valence-electron chi connectivity index (χ4n) is 0.839. The average molecular weight is 159 g/mol. The van der Waals surface area contributed by atoms with Crippen LogP contribution < -0.4 is 0 Å². The Morgan fingerprint density at radius 1 is 1.64 bits per heavy atom. The highest BCUT2D eigenvalue weighted by atomic mass is 16.7. The molecule has 0 saturated carbocycles. The van der Waals surface area contributed by atoms with Gasteiger partial charge in [-0.15, -0.1) is 0 Å². The number of nitrogens with zero attached hydrogens (tertiary/aromatic N) is 1. The summed E-state index contributed by atoms with van der Waals surface area (Å²) >= 11 is 0. The minimum Gasteiger partial charge on any atom is -0.468 e. The second-order valence-corrected chi connectivity index (χ2v) is 2.79. The van der Waals surface area contributed by atoms with Crippen LogP contribution in [0.15, 0.2) is 0 Å². The predicted molar refractivity (Wildman–Crippen MR) is 38.7 cm³/mol. The maximum atomic E-state index is 10.8. The molecule has 0 radical (unpaired) electrons. The molecule has 0 aromatic rings. The molecule has 0 amide bonds. The number of carbonyl (C=O) groups excluding carboxylic acids is 1. The minimum atomic E-state index is -0.217. The van der Waals surface area contributed by atoms with Gasteiger partial charge in [0.25, 0.3) is 0 Å². The van der Waals surface area contributed by atoms with Crippen molar-refractivity contribution in [3.63, 3.8) is 0 Å². The first kappa shape index (κ1) is 8.49. The van der Waals surface area contributed by atoms with Crippen LogP contribution in [0.4, 0.5) is 0 Å². The van der Waals surface area contributed by atoms with Crippen molar-refractivity contribution in [1.82, 2.24) is 5.06 Å². The molecule has 1 heterocycles. The summed E-state index contributed by atoms with van der Waals surface area (Å²) < 4.78 is 4.53. The third-order valence-electron chi connectivity index (χ3n) is 1.39. The van der Waals surface area contributed by atoms with E-state index in [0.717, 1.165) is 0 Å². The summed E-state index contributed by atoms with van der Waals surface area (Å²) in [5.41, 5.74) is 0. The summed E-state index contributed by atoms with van der Waals surface area (Å²) in [5.74, 6) is -0.217. The van der Waals surface area contributed by atoms with Crippen LogP contribution in [0.2, 0.25) is 0 Å². The number of hydrogen-bond donors (Lipinski definition) is 0. The lowest BCUT2D eigenvalue weighted by molar-refractivity contribution is -0.152. The van der Waals surface area contributed by atoms with E-state index in [0.29, 0.717) is 6.54 Å². The molecule has 64 valence electrons. The number of rotatable bonds is 3. The number of hydroxylamine groups is 2. The van der Waals surface area contributed by atoms with Crippen LogP contribution in [0.5, 0.6) is 0 Å². The maximum absolute atomic E-state index is 10.8. The Morgan fingerprint density at radius 3 is 2.73 bits per heavy atom. The summed E-state index contributed by atoms with van der Waals surface area (Å²) in [4.78, 5) is 16.1. The summed E-state index contributed by atoms with van der Waals surface area (Å²) in [5, 5.41) is 1.62. The normalized spacial score (nSPS) is 28.7. The van der Waals surface area contributed by atoms with Crippen molar-refractivity contribution < 1.29 is 14.4 Å². The van der Waals surface area contributed by atoms with Crippen molar-refractivity contribution in [1.29, 1.82) is 0 Å². The second-order valence-electron chi connectivity index (χ2n) is 2.79. The van der Waals surface area contributed by atoms with Crippen LogP contribution in [0.1, 0.15) is 13.8 Å². The first-order chi connectivity index (χ1) is 5.15. The van der Waals surface area contributed by atoms with Gasteiger partial charge in [-0.1, -0.05) is 0 Å². The fourth-order valence-corrected chi connectivity index (χ4v) is 0.839. The zero-order chi connectivity index (χ0) is 8.43. The molecule has 11 heavy (non-hydrogen) atoms. The molecule has 0 aromatic heterocycles. The van der Waals surface area contributed by atoms with E-state index in [1.54, 1.807) is 5.06 Å². The molecule has 0 aromatic carbocycles. The first-order valence-corrected chi connectivity index (χ1v) is 3.66. The smallest absolute Gasteiger partial charge is 0.326 e. The Hall–Kier alpha value is -0.610. The molecule has 1 saturated heterocycles. The number of hydrogen-bond acceptors (Lipinski definition) is 4. The number of carbonyl (C=O) groups is 1. The van der Waals surface area contributed by atoms with E-state index in [1.807, 2.05) is 13.8 Å². The molecule has 0 N–H and O–H groups in total. The lowest BCUT2D eigenvalue weighted by Crippen LogP contribution is -2.17. The SMILES string of the molecule is COC(=O)C1CN1OC(C)C. The largest absolute Gasteiger partial charge is 0.468 e. The monoisotopic (exact) mass is 159 g/mol. The van der Waals surface area contributed by atoms with E-state index in [4.69, 9.17) is 4.84 Å². The summed E-state index contributed by atoms with van der Waals surface area (Å²) in [6.45, 7) is 4.50. The van der Waals surface area contributed by atoms with Gasteiger partial charge in [0.05, 0.1) is 19.8 Å². The Bertz CT molecular complexity index is 158. The van der Waals surface area contributed by atoms with Gasteiger partial charge >= 0.3 is 5.97 Å². The summed E-state index contributed by atoms with van der Waals surface area (Å²) in [6.07, 6.45) is 0.129. The zero-order valence-corrected chi connectivity index (χ0v) is 7.03. The molecule has 1 rings (SSSR count). The second kappa shape index (κ2) is 3.19. The van der Waals surface area contributed by atoms with Gasteiger partial charge in [0.1, 0.15) is 6.04 Å². The minimum absolute atomic E-state index is 0.129. The molecule has 4 nitrogen and oxygen atoms in total. The van der Waals surface area contributed by atoms with Gasteiger partial charge in [-0.05, 0) is 13.8 Å². The van der Waals surface area contributed by atoms with Crippen molar-refractivity contribution in [2.75, 3.05) is 13.7 Å². The topological polar surface area (TPSA) is 38.5 Å². The van der Waals surface area contributed by atoms with E-state index in [-0.39, 0.29) is 18.1 Å². The molecular weight excluding hydrogens is 146 g/mol. The van der Waals surface area contributed by atoms with Gasteiger partial charge in [-0.25, -0.2) is 0 Å². The van der Waals surface area contributed by atoms with Crippen LogP contribution in [0.25, 0.3) is 0 Å². The highest BCUT2D eigenvalue weighted by molar-refractivity contribution is 5.78. The maximum Gasteiger partial charge on any atom is 0.326 e. The third-order valence-corrected chi connectivity index (χ3v) is 1.39. The van der Waals surface area contributed by atoms with Gasteiger partial charge in [0.2, 0.25) is 0 Å². The highest BCUT2D eigenvalue weighted by Gasteiger charge is 2.43. The standard InChI is InChI=1S/C7H13NO3/c1-5(2)11-8-4-6(8)7(9)10-3/h5-6H,4H2,1-3H3. The molecule has 2 unspecified atom stereocenters. The molecule has 0 bridgehead atoms. The van der Waals surface area contributed by atoms with Gasteiger partial charge in [-0.3, -0.25) is 9.63 Å². The molecule has 0 aliphatic carbocycles. The Morgan fingerprint density at radius 2 is 2.27 bits per heavy atom. The van der Waals surface area contributed by atoms with E-state index in [2.05, 4.69) is 4.74 Å². The van der Waals surface area contributed by atoms with Crippen LogP contribution in [-0.2, 0) is 14.4 Å². The van der Waals surface area contributed by atoms with Gasteiger partial charge in [-0.2, -0.15) is 5.06 Å². The van der Waals surface area contributed by atoms with Gasteiger partial charge in [0, 0.05) is 0 Å². The summed E-state index contributed by atoms with van der Waals surface area (Å²) in [7, 11) is 1.38. The average Bonchev–Trinajstić information content (AvgIpc) is 2.65. The van der Waals surface area contributed by atoms with Crippen molar-refractivity contribution in [2.45, 2.75) is 26.0 Å². The molecule has 4 heteroatoms. The van der Waals surface area contributed by atoms with Gasteiger partial charge < -0.3 is 4.74 Å². The number of esters is 1. The Labute approximate surface area is 66.0 Å². The van der Waals surface area contributed by atoms with Crippen molar-refractivity contribution in [3.8, 4) is 0 Å². The first-order valence-electron chi connectivity index (χ1n) is 3.66. The van der Waals surface area contributed by atoms with E-state index in [1.165, 1.54) is 7.11 Å². The summed E-state index contributed by atoms with van der Waals surface area (Å²) in [6, 6.07) is -0.164. The quantitative estimate of drug-likeness (QED) is 0.435. The zero-order valence-electron chi connectivity index (χ0n) is 7.03. The van der Waals surface area contributed by atoms with Crippen molar-refractivity contribution in [2.24, 2.45) is 0 Å². The lowest BCUT2D eigenvalue weighted by atomic mass is 10.5. The molecule has 1 fully saturated rings. The molecule has 2 atom stereocenters.